The van der Waals surface area contributed by atoms with Crippen LogP contribution in [0.5, 0.6) is 0 Å². The molecule has 3 rings (SSSR count). The molecule has 0 saturated carbocycles. The van der Waals surface area contributed by atoms with Crippen LogP contribution in [0.2, 0.25) is 0 Å². The highest BCUT2D eigenvalue weighted by Crippen LogP contribution is 2.38. The van der Waals surface area contributed by atoms with Gasteiger partial charge in [-0.05, 0) is 50.8 Å². The summed E-state index contributed by atoms with van der Waals surface area (Å²) in [5.41, 5.74) is 0. The van der Waals surface area contributed by atoms with Crippen LogP contribution in [0.15, 0.2) is 0 Å². The highest BCUT2D eigenvalue weighted by atomic mass is 32.2. The maximum atomic E-state index is 3.70. The van der Waals surface area contributed by atoms with Crippen molar-refractivity contribution in [2.75, 3.05) is 18.1 Å². The molecule has 3 unspecified atom stereocenters. The van der Waals surface area contributed by atoms with Crippen molar-refractivity contribution < 1.29 is 0 Å². The number of nitrogens with zero attached hydrogens (tertiary/aromatic N) is 1. The number of nitrogens with one attached hydrogen (secondary N) is 1. The Hall–Kier alpha value is 0.270. The number of thioether (sulfide) groups is 1. The van der Waals surface area contributed by atoms with E-state index >= 15 is 0 Å². The lowest BCUT2D eigenvalue weighted by molar-refractivity contribution is -0.00683. The first-order chi connectivity index (χ1) is 8.88. The largest absolute Gasteiger partial charge is 0.314 e. The van der Waals surface area contributed by atoms with Gasteiger partial charge in [0.15, 0.2) is 0 Å². The first-order valence-corrected chi connectivity index (χ1v) is 9.12. The molecular formula is C15H28N2S. The first kappa shape index (κ1) is 13.3. The molecule has 1 N–H and O–H groups in total. The lowest BCUT2D eigenvalue weighted by Crippen LogP contribution is -2.60. The second-order valence-electron chi connectivity index (χ2n) is 6.28. The third-order valence-electron chi connectivity index (χ3n) is 5.08. The zero-order valence-corrected chi connectivity index (χ0v) is 12.6. The lowest BCUT2D eigenvalue weighted by Gasteiger charge is -2.53. The van der Waals surface area contributed by atoms with Gasteiger partial charge in [0.1, 0.15) is 0 Å². The summed E-state index contributed by atoms with van der Waals surface area (Å²) < 4.78 is 0. The van der Waals surface area contributed by atoms with E-state index in [-0.39, 0.29) is 0 Å². The molecule has 3 aliphatic heterocycles. The summed E-state index contributed by atoms with van der Waals surface area (Å²) in [6.07, 6.45) is 10.1. The van der Waals surface area contributed by atoms with Crippen molar-refractivity contribution in [1.29, 1.82) is 0 Å². The highest BCUT2D eigenvalue weighted by molar-refractivity contribution is 7.99. The van der Waals surface area contributed by atoms with Crippen molar-refractivity contribution in [2.24, 2.45) is 0 Å². The van der Waals surface area contributed by atoms with E-state index in [1.54, 1.807) is 0 Å². The number of hydrogen-bond donors (Lipinski definition) is 1. The lowest BCUT2D eigenvalue weighted by atomic mass is 9.80. The molecule has 18 heavy (non-hydrogen) atoms. The summed E-state index contributed by atoms with van der Waals surface area (Å²) in [7, 11) is 0. The first-order valence-electron chi connectivity index (χ1n) is 7.97. The zero-order valence-electron chi connectivity index (χ0n) is 11.7. The van der Waals surface area contributed by atoms with Gasteiger partial charge in [-0.15, -0.1) is 0 Å². The number of hydrogen-bond acceptors (Lipinski definition) is 3. The van der Waals surface area contributed by atoms with Crippen LogP contribution in [-0.2, 0) is 0 Å². The van der Waals surface area contributed by atoms with E-state index in [0.29, 0.717) is 0 Å². The molecule has 2 nitrogen and oxygen atoms in total. The summed E-state index contributed by atoms with van der Waals surface area (Å²) in [6, 6.07) is 3.50. The normalized spacial score (nSPS) is 41.8. The molecule has 3 atom stereocenters. The molecule has 0 spiro atoms. The smallest absolute Gasteiger partial charge is 0.0192 e. The number of rotatable bonds is 3. The van der Waals surface area contributed by atoms with Crippen LogP contribution in [0.3, 0.4) is 0 Å². The molecule has 3 heterocycles. The van der Waals surface area contributed by atoms with Gasteiger partial charge in [0.25, 0.3) is 0 Å². The van der Waals surface area contributed by atoms with Crippen LogP contribution in [-0.4, -0.2) is 47.1 Å². The Morgan fingerprint density at radius 3 is 2.39 bits per heavy atom. The molecule has 3 fully saturated rings. The second-order valence-corrected chi connectivity index (χ2v) is 7.43. The Balaban J connectivity index is 1.67. The van der Waals surface area contributed by atoms with Gasteiger partial charge < -0.3 is 5.32 Å². The molecule has 0 radical (unpaired) electrons. The predicted octanol–water partition coefficient (Wildman–Crippen LogP) is 2.88. The van der Waals surface area contributed by atoms with Crippen LogP contribution in [0, 0.1) is 0 Å². The van der Waals surface area contributed by atoms with Crippen molar-refractivity contribution in [3.05, 3.63) is 0 Å². The van der Waals surface area contributed by atoms with E-state index in [1.807, 2.05) is 0 Å². The molecule has 3 saturated heterocycles. The monoisotopic (exact) mass is 268 g/mol. The van der Waals surface area contributed by atoms with Gasteiger partial charge in [0.2, 0.25) is 0 Å². The topological polar surface area (TPSA) is 15.3 Å². The summed E-state index contributed by atoms with van der Waals surface area (Å²) in [5.74, 6) is 2.80. The van der Waals surface area contributed by atoms with Crippen LogP contribution < -0.4 is 5.32 Å². The van der Waals surface area contributed by atoms with E-state index in [9.17, 15) is 0 Å². The van der Waals surface area contributed by atoms with Gasteiger partial charge in [-0.2, -0.15) is 11.8 Å². The van der Waals surface area contributed by atoms with E-state index in [2.05, 4.69) is 28.9 Å². The summed E-state index contributed by atoms with van der Waals surface area (Å²) in [4.78, 5) is 2.96. The fraction of sp³-hybridized carbons (Fsp3) is 1.00. The average Bonchev–Trinajstić information content (AvgIpc) is 2.39. The van der Waals surface area contributed by atoms with Gasteiger partial charge in [-0.1, -0.05) is 13.3 Å². The molecule has 3 heteroatoms. The Bertz CT molecular complexity index is 251. The Morgan fingerprint density at radius 2 is 1.78 bits per heavy atom. The minimum atomic E-state index is 0.804. The van der Waals surface area contributed by atoms with Gasteiger partial charge in [0.05, 0.1) is 0 Å². The maximum Gasteiger partial charge on any atom is 0.0192 e. The molecule has 3 aliphatic rings. The van der Waals surface area contributed by atoms with Crippen molar-refractivity contribution in [1.82, 2.24) is 10.2 Å². The SMILES string of the molecule is CCNC1CC2CCCC(C1)N2C1CCCSC1. The molecule has 104 valence electrons. The Morgan fingerprint density at radius 1 is 1.06 bits per heavy atom. The fourth-order valence-electron chi connectivity index (χ4n) is 4.43. The van der Waals surface area contributed by atoms with Gasteiger partial charge >= 0.3 is 0 Å². The van der Waals surface area contributed by atoms with E-state index in [4.69, 9.17) is 0 Å². The predicted molar refractivity (Wildman–Crippen MR) is 80.3 cm³/mol. The van der Waals surface area contributed by atoms with Crippen LogP contribution >= 0.6 is 11.8 Å². The zero-order chi connectivity index (χ0) is 12.4. The Labute approximate surface area is 116 Å². The van der Waals surface area contributed by atoms with Crippen molar-refractivity contribution in [3.8, 4) is 0 Å². The van der Waals surface area contributed by atoms with Gasteiger partial charge in [0, 0.05) is 29.9 Å². The van der Waals surface area contributed by atoms with E-state index in [0.717, 1.165) is 30.7 Å². The summed E-state index contributed by atoms with van der Waals surface area (Å²) in [5, 5.41) is 3.70. The van der Waals surface area contributed by atoms with E-state index < -0.39 is 0 Å². The van der Waals surface area contributed by atoms with Gasteiger partial charge in [-0.3, -0.25) is 4.90 Å². The van der Waals surface area contributed by atoms with E-state index in [1.165, 1.54) is 56.5 Å². The molecular weight excluding hydrogens is 240 g/mol. The summed E-state index contributed by atoms with van der Waals surface area (Å²) >= 11 is 2.19. The van der Waals surface area contributed by atoms with Crippen molar-refractivity contribution in [3.63, 3.8) is 0 Å². The Kier molecular flexibility index (Phi) is 4.53. The molecule has 2 bridgehead atoms. The maximum absolute atomic E-state index is 3.70. The minimum absolute atomic E-state index is 0.804. The van der Waals surface area contributed by atoms with Crippen LogP contribution in [0.1, 0.15) is 51.9 Å². The molecule has 0 aromatic rings. The molecule has 0 aromatic heterocycles. The molecule has 0 amide bonds. The highest BCUT2D eigenvalue weighted by Gasteiger charge is 2.41. The van der Waals surface area contributed by atoms with Crippen LogP contribution in [0.4, 0.5) is 0 Å². The number of piperidine rings is 2. The quantitative estimate of drug-likeness (QED) is 0.847. The summed E-state index contributed by atoms with van der Waals surface area (Å²) in [6.45, 7) is 3.39. The van der Waals surface area contributed by atoms with Crippen molar-refractivity contribution in [2.45, 2.75) is 76.0 Å². The molecule has 0 aliphatic carbocycles. The fourth-order valence-corrected chi connectivity index (χ4v) is 5.58. The standard InChI is InChI=1S/C15H28N2S/c1-2-16-12-9-13-5-3-6-14(10-12)17(13)15-7-4-8-18-11-15/h12-16H,2-11H2,1H3. The third-order valence-corrected chi connectivity index (χ3v) is 6.28. The average molecular weight is 268 g/mol. The molecule has 0 aromatic carbocycles. The third kappa shape index (κ3) is 2.73. The number of fused-ring (bicyclic) bond motifs is 2. The van der Waals surface area contributed by atoms with Gasteiger partial charge in [-0.25, -0.2) is 0 Å². The minimum Gasteiger partial charge on any atom is -0.314 e. The second kappa shape index (κ2) is 6.15. The van der Waals surface area contributed by atoms with Crippen LogP contribution in [0.25, 0.3) is 0 Å². The van der Waals surface area contributed by atoms with Crippen molar-refractivity contribution >= 4 is 11.8 Å².